The smallest absolute Gasteiger partial charge is 0.223 e. The summed E-state index contributed by atoms with van der Waals surface area (Å²) in [5.41, 5.74) is 0. The summed E-state index contributed by atoms with van der Waals surface area (Å²) in [5, 5.41) is 0. The second kappa shape index (κ2) is 7.09. The lowest BCUT2D eigenvalue weighted by Crippen LogP contribution is -2.36. The third-order valence-electron chi connectivity index (χ3n) is 3.17. The van der Waals surface area contributed by atoms with Gasteiger partial charge in [-0.1, -0.05) is 6.92 Å². The topological polar surface area (TPSA) is 57.7 Å². The van der Waals surface area contributed by atoms with Crippen LogP contribution in [-0.2, 0) is 14.6 Å². The van der Waals surface area contributed by atoms with E-state index in [1.807, 2.05) is 0 Å². The van der Waals surface area contributed by atoms with Gasteiger partial charge in [-0.3, -0.25) is 4.79 Å². The molecule has 0 aromatic heterocycles. The largest absolute Gasteiger partial charge is 0.341 e. The molecule has 106 valence electrons. The highest BCUT2D eigenvalue weighted by molar-refractivity contribution is 7.90. The molecule has 0 unspecified atom stereocenters. The first-order chi connectivity index (χ1) is 8.42. The van der Waals surface area contributed by atoms with Crippen molar-refractivity contribution in [3.8, 4) is 0 Å². The van der Waals surface area contributed by atoms with Crippen LogP contribution in [0, 0.1) is 0 Å². The lowest BCUT2D eigenvalue weighted by atomic mass is 10.3. The van der Waals surface area contributed by atoms with Crippen molar-refractivity contribution in [3.05, 3.63) is 0 Å². The lowest BCUT2D eigenvalue weighted by molar-refractivity contribution is -0.130. The first-order valence-corrected chi connectivity index (χ1v) is 8.66. The van der Waals surface area contributed by atoms with E-state index in [1.165, 1.54) is 6.26 Å². The maximum absolute atomic E-state index is 11.9. The fourth-order valence-corrected chi connectivity index (χ4v) is 2.74. The van der Waals surface area contributed by atoms with Gasteiger partial charge < -0.3 is 9.80 Å². The Labute approximate surface area is 110 Å². The molecule has 1 amide bonds. The molecule has 1 aliphatic rings. The Kier molecular flexibility index (Phi) is 6.08. The summed E-state index contributed by atoms with van der Waals surface area (Å²) in [7, 11) is -3.04. The van der Waals surface area contributed by atoms with Crippen LogP contribution in [0.3, 0.4) is 0 Å². The minimum absolute atomic E-state index is 0.0289. The fourth-order valence-electron chi connectivity index (χ4n) is 2.19. The number of rotatable bonds is 5. The highest BCUT2D eigenvalue weighted by Crippen LogP contribution is 2.06. The second-order valence-corrected chi connectivity index (χ2v) is 7.22. The van der Waals surface area contributed by atoms with Crippen LogP contribution in [0.5, 0.6) is 0 Å². The molecule has 1 aliphatic heterocycles. The Balaban J connectivity index is 2.40. The number of carbonyl (C=O) groups excluding carboxylic acids is 1. The van der Waals surface area contributed by atoms with E-state index < -0.39 is 9.84 Å². The molecule has 0 aromatic rings. The quantitative estimate of drug-likeness (QED) is 0.728. The van der Waals surface area contributed by atoms with Gasteiger partial charge in [0.2, 0.25) is 5.91 Å². The van der Waals surface area contributed by atoms with Gasteiger partial charge in [0.1, 0.15) is 9.84 Å². The molecule has 1 saturated heterocycles. The first-order valence-electron chi connectivity index (χ1n) is 6.60. The summed E-state index contributed by atoms with van der Waals surface area (Å²) >= 11 is 0. The van der Waals surface area contributed by atoms with Gasteiger partial charge in [0.05, 0.1) is 5.75 Å². The summed E-state index contributed by atoms with van der Waals surface area (Å²) < 4.78 is 22.1. The average Bonchev–Trinajstić information content (AvgIpc) is 2.51. The molecule has 1 heterocycles. The van der Waals surface area contributed by atoms with E-state index in [0.29, 0.717) is 0 Å². The molecule has 0 radical (unpaired) electrons. The number of sulfone groups is 1. The number of hydrogen-bond acceptors (Lipinski definition) is 4. The predicted molar refractivity (Wildman–Crippen MR) is 72.3 cm³/mol. The molecule has 1 rings (SSSR count). The number of hydrogen-bond donors (Lipinski definition) is 0. The summed E-state index contributed by atoms with van der Waals surface area (Å²) in [6.45, 7) is 6.64. The SMILES string of the molecule is CCCN1CCCN(C(=O)CCS(C)(=O)=O)CC1. The zero-order chi connectivity index (χ0) is 13.6. The molecule has 0 aliphatic carbocycles. The average molecular weight is 276 g/mol. The van der Waals surface area contributed by atoms with Crippen molar-refractivity contribution in [1.82, 2.24) is 9.80 Å². The molecule has 0 atom stereocenters. The third kappa shape index (κ3) is 5.82. The normalized spacial score (nSPS) is 18.7. The fraction of sp³-hybridized carbons (Fsp3) is 0.917. The van der Waals surface area contributed by atoms with Crippen LogP contribution in [0.4, 0.5) is 0 Å². The van der Waals surface area contributed by atoms with Crippen LogP contribution in [0.15, 0.2) is 0 Å². The van der Waals surface area contributed by atoms with Gasteiger partial charge in [0.15, 0.2) is 0 Å². The van der Waals surface area contributed by atoms with Gasteiger partial charge in [-0.25, -0.2) is 8.42 Å². The molecule has 0 aromatic carbocycles. The predicted octanol–water partition coefficient (Wildman–Crippen LogP) is 0.365. The van der Waals surface area contributed by atoms with Gasteiger partial charge >= 0.3 is 0 Å². The van der Waals surface area contributed by atoms with Crippen LogP contribution < -0.4 is 0 Å². The van der Waals surface area contributed by atoms with Gasteiger partial charge in [0.25, 0.3) is 0 Å². The number of carbonyl (C=O) groups is 1. The zero-order valence-electron chi connectivity index (χ0n) is 11.4. The molecule has 18 heavy (non-hydrogen) atoms. The van der Waals surface area contributed by atoms with Gasteiger partial charge in [-0.2, -0.15) is 0 Å². The van der Waals surface area contributed by atoms with E-state index in [2.05, 4.69) is 11.8 Å². The Morgan fingerprint density at radius 1 is 1.17 bits per heavy atom. The van der Waals surface area contributed by atoms with Crippen LogP contribution in [-0.4, -0.2) is 68.9 Å². The van der Waals surface area contributed by atoms with E-state index >= 15 is 0 Å². The Morgan fingerprint density at radius 2 is 1.89 bits per heavy atom. The van der Waals surface area contributed by atoms with E-state index in [-0.39, 0.29) is 18.1 Å². The highest BCUT2D eigenvalue weighted by atomic mass is 32.2. The summed E-state index contributed by atoms with van der Waals surface area (Å²) in [6.07, 6.45) is 3.39. The monoisotopic (exact) mass is 276 g/mol. The van der Waals surface area contributed by atoms with Crippen LogP contribution in [0.2, 0.25) is 0 Å². The molecular weight excluding hydrogens is 252 g/mol. The molecular formula is C12H24N2O3S. The summed E-state index contributed by atoms with van der Waals surface area (Å²) in [5.74, 6) is -0.0696. The standard InChI is InChI=1S/C12H24N2O3S/c1-3-6-13-7-4-8-14(10-9-13)12(15)5-11-18(2,16)17/h3-11H2,1-2H3. The van der Waals surface area contributed by atoms with Crippen molar-refractivity contribution in [2.45, 2.75) is 26.2 Å². The van der Waals surface area contributed by atoms with Crippen molar-refractivity contribution < 1.29 is 13.2 Å². The Morgan fingerprint density at radius 3 is 2.50 bits per heavy atom. The Bertz CT molecular complexity index is 368. The van der Waals surface area contributed by atoms with Gasteiger partial charge in [-0.15, -0.1) is 0 Å². The molecule has 0 bridgehead atoms. The molecule has 6 heteroatoms. The zero-order valence-corrected chi connectivity index (χ0v) is 12.2. The summed E-state index contributed by atoms with van der Waals surface area (Å²) in [6, 6.07) is 0. The van der Waals surface area contributed by atoms with Crippen LogP contribution >= 0.6 is 0 Å². The van der Waals surface area contributed by atoms with E-state index in [9.17, 15) is 13.2 Å². The maximum atomic E-state index is 11.9. The first kappa shape index (κ1) is 15.4. The number of amides is 1. The van der Waals surface area contributed by atoms with Crippen molar-refractivity contribution in [2.75, 3.05) is 44.7 Å². The highest BCUT2D eigenvalue weighted by Gasteiger charge is 2.19. The van der Waals surface area contributed by atoms with E-state index in [4.69, 9.17) is 0 Å². The third-order valence-corrected chi connectivity index (χ3v) is 4.11. The number of nitrogens with zero attached hydrogens (tertiary/aromatic N) is 2. The molecule has 0 spiro atoms. The van der Waals surface area contributed by atoms with Crippen molar-refractivity contribution in [1.29, 1.82) is 0 Å². The second-order valence-electron chi connectivity index (χ2n) is 4.96. The van der Waals surface area contributed by atoms with Gasteiger partial charge in [0, 0.05) is 32.3 Å². The minimum atomic E-state index is -3.04. The van der Waals surface area contributed by atoms with E-state index in [0.717, 1.165) is 45.6 Å². The van der Waals surface area contributed by atoms with E-state index in [1.54, 1.807) is 4.90 Å². The summed E-state index contributed by atoms with van der Waals surface area (Å²) in [4.78, 5) is 16.1. The minimum Gasteiger partial charge on any atom is -0.341 e. The van der Waals surface area contributed by atoms with Crippen molar-refractivity contribution in [3.63, 3.8) is 0 Å². The van der Waals surface area contributed by atoms with Crippen molar-refractivity contribution >= 4 is 15.7 Å². The Hall–Kier alpha value is -0.620. The maximum Gasteiger partial charge on any atom is 0.223 e. The lowest BCUT2D eigenvalue weighted by Gasteiger charge is -2.21. The molecule has 1 fully saturated rings. The van der Waals surface area contributed by atoms with Crippen LogP contribution in [0.1, 0.15) is 26.2 Å². The van der Waals surface area contributed by atoms with Crippen molar-refractivity contribution in [2.24, 2.45) is 0 Å². The molecule has 0 N–H and O–H groups in total. The van der Waals surface area contributed by atoms with Gasteiger partial charge in [-0.05, 0) is 25.9 Å². The molecule has 5 nitrogen and oxygen atoms in total. The van der Waals surface area contributed by atoms with Crippen LogP contribution in [0.25, 0.3) is 0 Å². The molecule has 0 saturated carbocycles.